The number of rotatable bonds is 4. The van der Waals surface area contributed by atoms with Crippen LogP contribution >= 0.6 is 11.6 Å². The van der Waals surface area contributed by atoms with Crippen molar-refractivity contribution < 1.29 is 4.42 Å². The molecule has 2 rings (SSSR count). The van der Waals surface area contributed by atoms with Gasteiger partial charge in [-0.1, -0.05) is 23.7 Å². The summed E-state index contributed by atoms with van der Waals surface area (Å²) in [6, 6.07) is 7.70. The van der Waals surface area contributed by atoms with Crippen LogP contribution in [0.4, 0.5) is 0 Å². The molecule has 1 aromatic carbocycles. The minimum atomic E-state index is 0.0367. The van der Waals surface area contributed by atoms with E-state index in [0.29, 0.717) is 18.3 Å². The molecule has 17 heavy (non-hydrogen) atoms. The number of benzene rings is 1. The molecule has 0 aliphatic heterocycles. The van der Waals surface area contributed by atoms with E-state index in [0.717, 1.165) is 17.0 Å². The van der Waals surface area contributed by atoms with E-state index < -0.39 is 0 Å². The van der Waals surface area contributed by atoms with Gasteiger partial charge >= 0.3 is 0 Å². The number of aromatic nitrogens is 2. The maximum absolute atomic E-state index is 5.94. The summed E-state index contributed by atoms with van der Waals surface area (Å²) >= 11 is 5.94. The summed E-state index contributed by atoms with van der Waals surface area (Å²) in [7, 11) is 0. The first-order valence-electron chi connectivity index (χ1n) is 5.43. The molecule has 1 aromatic heterocycles. The zero-order chi connectivity index (χ0) is 12.3. The highest BCUT2D eigenvalue weighted by atomic mass is 35.5. The Morgan fingerprint density at radius 2 is 2.24 bits per heavy atom. The van der Waals surface area contributed by atoms with Gasteiger partial charge in [0.05, 0.1) is 5.92 Å². The molecular weight excluding hydrogens is 238 g/mol. The van der Waals surface area contributed by atoms with E-state index in [1.807, 2.05) is 24.3 Å². The lowest BCUT2D eigenvalue weighted by atomic mass is 9.99. The largest absolute Gasteiger partial charge is 0.425 e. The van der Waals surface area contributed by atoms with Crippen LogP contribution in [0.15, 0.2) is 28.7 Å². The average Bonchev–Trinajstić information content (AvgIpc) is 2.73. The zero-order valence-electron chi connectivity index (χ0n) is 9.56. The molecule has 0 saturated carbocycles. The Hall–Kier alpha value is -1.39. The number of hydrogen-bond donors (Lipinski definition) is 1. The fourth-order valence-corrected chi connectivity index (χ4v) is 1.91. The van der Waals surface area contributed by atoms with Crippen LogP contribution in [0.5, 0.6) is 0 Å². The molecule has 0 amide bonds. The van der Waals surface area contributed by atoms with Crippen LogP contribution in [-0.4, -0.2) is 16.7 Å². The molecule has 0 bridgehead atoms. The number of aryl methyl sites for hydroxylation is 1. The van der Waals surface area contributed by atoms with Gasteiger partial charge in [0, 0.05) is 18.5 Å². The highest BCUT2D eigenvalue weighted by molar-refractivity contribution is 6.30. The Labute approximate surface area is 105 Å². The third-order valence-electron chi connectivity index (χ3n) is 2.55. The first-order valence-corrected chi connectivity index (χ1v) is 5.81. The van der Waals surface area contributed by atoms with E-state index in [2.05, 4.69) is 10.2 Å². The number of halogens is 1. The zero-order valence-corrected chi connectivity index (χ0v) is 10.3. The molecule has 90 valence electrons. The van der Waals surface area contributed by atoms with Gasteiger partial charge in [0.2, 0.25) is 11.8 Å². The average molecular weight is 252 g/mol. The summed E-state index contributed by atoms with van der Waals surface area (Å²) in [5, 5.41) is 8.54. The third-order valence-corrected chi connectivity index (χ3v) is 2.78. The number of hydrogen-bond acceptors (Lipinski definition) is 4. The van der Waals surface area contributed by atoms with Crippen molar-refractivity contribution in [1.29, 1.82) is 0 Å². The predicted octanol–water partition coefficient (Wildman–Crippen LogP) is 2.32. The van der Waals surface area contributed by atoms with Crippen LogP contribution in [0.2, 0.25) is 5.02 Å². The highest BCUT2D eigenvalue weighted by Gasteiger charge is 2.17. The Morgan fingerprint density at radius 3 is 2.82 bits per heavy atom. The maximum atomic E-state index is 5.94. The lowest BCUT2D eigenvalue weighted by Crippen LogP contribution is -2.15. The summed E-state index contributed by atoms with van der Waals surface area (Å²) in [6.07, 6.45) is 0.749. The van der Waals surface area contributed by atoms with Crippen molar-refractivity contribution in [3.05, 3.63) is 46.6 Å². The van der Waals surface area contributed by atoms with Gasteiger partial charge in [-0.2, -0.15) is 0 Å². The second kappa shape index (κ2) is 5.29. The molecule has 0 saturated heterocycles. The second-order valence-corrected chi connectivity index (χ2v) is 4.36. The van der Waals surface area contributed by atoms with E-state index >= 15 is 0 Å². The molecule has 2 N–H and O–H groups in total. The quantitative estimate of drug-likeness (QED) is 0.906. The number of nitrogens with two attached hydrogens (primary N) is 1. The minimum absolute atomic E-state index is 0.0367. The Morgan fingerprint density at radius 1 is 1.41 bits per heavy atom. The Balaban J connectivity index is 2.15. The summed E-state index contributed by atoms with van der Waals surface area (Å²) in [5.74, 6) is 1.18. The molecule has 0 spiro atoms. The van der Waals surface area contributed by atoms with Gasteiger partial charge in [-0.15, -0.1) is 10.2 Å². The van der Waals surface area contributed by atoms with Crippen molar-refractivity contribution >= 4 is 11.6 Å². The molecule has 5 heteroatoms. The van der Waals surface area contributed by atoms with Gasteiger partial charge in [0.25, 0.3) is 0 Å². The molecule has 0 aliphatic carbocycles. The molecular formula is C12H14ClN3O. The van der Waals surface area contributed by atoms with Crippen molar-refractivity contribution in [2.75, 3.05) is 6.54 Å². The van der Waals surface area contributed by atoms with Crippen LogP contribution < -0.4 is 5.73 Å². The molecule has 0 aliphatic rings. The fraction of sp³-hybridized carbons (Fsp3) is 0.333. The smallest absolute Gasteiger partial charge is 0.221 e. The summed E-state index contributed by atoms with van der Waals surface area (Å²) in [4.78, 5) is 0. The fourth-order valence-electron chi connectivity index (χ4n) is 1.70. The van der Waals surface area contributed by atoms with E-state index in [-0.39, 0.29) is 5.92 Å². The SMILES string of the molecule is Cc1nnc(C(CN)Cc2cccc(Cl)c2)o1. The second-order valence-electron chi connectivity index (χ2n) is 3.93. The summed E-state index contributed by atoms with van der Waals surface area (Å²) in [6.45, 7) is 2.23. The molecule has 1 unspecified atom stereocenters. The molecule has 2 aromatic rings. The predicted molar refractivity (Wildman–Crippen MR) is 66.0 cm³/mol. The van der Waals surface area contributed by atoms with Gasteiger partial charge < -0.3 is 10.2 Å². The maximum Gasteiger partial charge on any atom is 0.221 e. The standard InChI is InChI=1S/C12H14ClN3O/c1-8-15-16-12(17-8)10(7-14)5-9-3-2-4-11(13)6-9/h2-4,6,10H,5,7,14H2,1H3. The molecule has 1 heterocycles. The normalized spacial score (nSPS) is 12.6. The van der Waals surface area contributed by atoms with E-state index in [9.17, 15) is 0 Å². The van der Waals surface area contributed by atoms with E-state index in [1.165, 1.54) is 0 Å². The third kappa shape index (κ3) is 3.05. The van der Waals surface area contributed by atoms with Crippen LogP contribution in [0.25, 0.3) is 0 Å². The Bertz CT molecular complexity index is 498. The number of nitrogens with zero attached hydrogens (tertiary/aromatic N) is 2. The van der Waals surface area contributed by atoms with Crippen LogP contribution in [0.1, 0.15) is 23.3 Å². The van der Waals surface area contributed by atoms with Crippen molar-refractivity contribution in [3.63, 3.8) is 0 Å². The lowest BCUT2D eigenvalue weighted by molar-refractivity contribution is 0.427. The summed E-state index contributed by atoms with van der Waals surface area (Å²) < 4.78 is 5.40. The van der Waals surface area contributed by atoms with Crippen LogP contribution in [0.3, 0.4) is 0 Å². The van der Waals surface area contributed by atoms with Gasteiger partial charge in [-0.3, -0.25) is 0 Å². The first-order chi connectivity index (χ1) is 8.19. The lowest BCUT2D eigenvalue weighted by Gasteiger charge is -2.10. The monoisotopic (exact) mass is 251 g/mol. The van der Waals surface area contributed by atoms with Crippen LogP contribution in [-0.2, 0) is 6.42 Å². The molecule has 1 atom stereocenters. The topological polar surface area (TPSA) is 64.9 Å². The van der Waals surface area contributed by atoms with Crippen molar-refractivity contribution in [2.45, 2.75) is 19.3 Å². The van der Waals surface area contributed by atoms with E-state index in [4.69, 9.17) is 21.8 Å². The molecule has 0 fully saturated rings. The van der Waals surface area contributed by atoms with E-state index in [1.54, 1.807) is 6.92 Å². The van der Waals surface area contributed by atoms with Gasteiger partial charge in [0.15, 0.2) is 0 Å². The van der Waals surface area contributed by atoms with Crippen LogP contribution in [0, 0.1) is 6.92 Å². The van der Waals surface area contributed by atoms with Crippen molar-refractivity contribution in [2.24, 2.45) is 5.73 Å². The van der Waals surface area contributed by atoms with Crippen molar-refractivity contribution in [1.82, 2.24) is 10.2 Å². The van der Waals surface area contributed by atoms with Gasteiger partial charge in [0.1, 0.15) is 0 Å². The molecule has 4 nitrogen and oxygen atoms in total. The van der Waals surface area contributed by atoms with Gasteiger partial charge in [-0.05, 0) is 24.1 Å². The highest BCUT2D eigenvalue weighted by Crippen LogP contribution is 2.20. The minimum Gasteiger partial charge on any atom is -0.425 e. The Kier molecular flexibility index (Phi) is 3.76. The summed E-state index contributed by atoms with van der Waals surface area (Å²) in [5.41, 5.74) is 6.85. The first kappa shape index (κ1) is 12.1. The van der Waals surface area contributed by atoms with Crippen molar-refractivity contribution in [3.8, 4) is 0 Å². The molecule has 0 radical (unpaired) electrons. The van der Waals surface area contributed by atoms with Gasteiger partial charge in [-0.25, -0.2) is 0 Å².